The lowest BCUT2D eigenvalue weighted by molar-refractivity contribution is 0.809. The molecule has 102 valence electrons. The highest BCUT2D eigenvalue weighted by Crippen LogP contribution is 2.11. The number of nitrogens with two attached hydrogens (primary N) is 1. The highest BCUT2D eigenvalue weighted by Gasteiger charge is 2.07. The van der Waals surface area contributed by atoms with Crippen molar-refractivity contribution in [2.75, 3.05) is 5.73 Å². The Kier molecular flexibility index (Phi) is 4.52. The number of hydrogen-bond donors (Lipinski definition) is 2. The van der Waals surface area contributed by atoms with Crippen LogP contribution in [0.1, 0.15) is 0 Å². The molecule has 0 spiro atoms. The standard InChI is InChI=1S/C10H8ClN3O.C3H4N2/c11-9-8(12)6-13-14(10(9)15)7-4-2-1-3-5-7;1-2-4-5-3-1/h1-6H,12H2;1-3H,(H,4,5). The van der Waals surface area contributed by atoms with Crippen LogP contribution in [0, 0.1) is 0 Å². The van der Waals surface area contributed by atoms with Crippen LogP contribution < -0.4 is 11.3 Å². The normalized spacial score (nSPS) is 9.65. The minimum absolute atomic E-state index is 0.00569. The van der Waals surface area contributed by atoms with Gasteiger partial charge in [-0.15, -0.1) is 0 Å². The number of rotatable bonds is 1. The van der Waals surface area contributed by atoms with Gasteiger partial charge in [-0.3, -0.25) is 9.89 Å². The van der Waals surface area contributed by atoms with Crippen LogP contribution in [0.5, 0.6) is 0 Å². The maximum Gasteiger partial charge on any atom is 0.292 e. The Bertz CT molecular complexity index is 692. The van der Waals surface area contributed by atoms with E-state index in [1.54, 1.807) is 24.5 Å². The molecule has 0 aliphatic rings. The first-order valence-electron chi connectivity index (χ1n) is 5.72. The first kappa shape index (κ1) is 13.8. The quantitative estimate of drug-likeness (QED) is 0.716. The lowest BCUT2D eigenvalue weighted by Gasteiger charge is -2.04. The van der Waals surface area contributed by atoms with Crippen LogP contribution in [0.2, 0.25) is 5.02 Å². The smallest absolute Gasteiger partial charge is 0.292 e. The van der Waals surface area contributed by atoms with Gasteiger partial charge in [0.15, 0.2) is 0 Å². The summed E-state index contributed by atoms with van der Waals surface area (Å²) in [6, 6.07) is 10.8. The van der Waals surface area contributed by atoms with Crippen LogP contribution >= 0.6 is 11.6 Å². The zero-order valence-corrected chi connectivity index (χ0v) is 11.2. The van der Waals surface area contributed by atoms with Gasteiger partial charge >= 0.3 is 0 Å². The van der Waals surface area contributed by atoms with Gasteiger partial charge in [0.2, 0.25) is 0 Å². The molecule has 0 aliphatic carbocycles. The fourth-order valence-corrected chi connectivity index (χ4v) is 1.54. The van der Waals surface area contributed by atoms with Crippen molar-refractivity contribution < 1.29 is 0 Å². The van der Waals surface area contributed by atoms with Gasteiger partial charge in [-0.1, -0.05) is 29.8 Å². The third-order valence-corrected chi connectivity index (χ3v) is 2.73. The third kappa shape index (κ3) is 3.24. The summed E-state index contributed by atoms with van der Waals surface area (Å²) in [4.78, 5) is 11.7. The van der Waals surface area contributed by atoms with E-state index in [2.05, 4.69) is 15.3 Å². The topological polar surface area (TPSA) is 89.6 Å². The molecule has 0 bridgehead atoms. The third-order valence-electron chi connectivity index (χ3n) is 2.35. The second-order valence-corrected chi connectivity index (χ2v) is 4.11. The van der Waals surface area contributed by atoms with E-state index in [-0.39, 0.29) is 10.7 Å². The summed E-state index contributed by atoms with van der Waals surface area (Å²) in [5.41, 5.74) is 5.89. The number of nitrogens with zero attached hydrogens (tertiary/aromatic N) is 3. The number of anilines is 1. The SMILES string of the molecule is Nc1cnn(-c2ccccc2)c(=O)c1Cl.c1cn[nH]c1. The van der Waals surface area contributed by atoms with Crippen molar-refractivity contribution in [2.24, 2.45) is 0 Å². The molecule has 3 aromatic rings. The van der Waals surface area contributed by atoms with Crippen molar-refractivity contribution >= 4 is 17.3 Å². The Morgan fingerprint density at radius 2 is 1.95 bits per heavy atom. The fourth-order valence-electron chi connectivity index (χ4n) is 1.41. The predicted octanol–water partition coefficient (Wildman–Crippen LogP) is 1.88. The fraction of sp³-hybridized carbons (Fsp3) is 0. The molecule has 1 aromatic carbocycles. The van der Waals surface area contributed by atoms with Crippen molar-refractivity contribution in [1.82, 2.24) is 20.0 Å². The van der Waals surface area contributed by atoms with Crippen molar-refractivity contribution in [3.8, 4) is 5.69 Å². The molecule has 0 amide bonds. The average molecular weight is 290 g/mol. The van der Waals surface area contributed by atoms with Gasteiger partial charge in [0.05, 0.1) is 17.6 Å². The van der Waals surface area contributed by atoms with Gasteiger partial charge in [0.1, 0.15) is 5.02 Å². The predicted molar refractivity (Wildman–Crippen MR) is 77.8 cm³/mol. The molecule has 0 saturated carbocycles. The Balaban J connectivity index is 0.000000247. The van der Waals surface area contributed by atoms with E-state index in [1.165, 1.54) is 10.9 Å². The van der Waals surface area contributed by atoms with Crippen LogP contribution in [0.25, 0.3) is 5.69 Å². The second kappa shape index (κ2) is 6.53. The Morgan fingerprint density at radius 1 is 1.20 bits per heavy atom. The molecule has 20 heavy (non-hydrogen) atoms. The number of para-hydroxylation sites is 1. The molecule has 3 rings (SSSR count). The van der Waals surface area contributed by atoms with Crippen LogP contribution in [-0.4, -0.2) is 20.0 Å². The molecule has 0 aliphatic heterocycles. The van der Waals surface area contributed by atoms with Crippen molar-refractivity contribution in [1.29, 1.82) is 0 Å². The Morgan fingerprint density at radius 3 is 2.50 bits per heavy atom. The summed E-state index contributed by atoms with van der Waals surface area (Å²) < 4.78 is 1.21. The first-order valence-corrected chi connectivity index (χ1v) is 6.10. The number of H-pyrrole nitrogens is 1. The van der Waals surface area contributed by atoms with E-state index in [4.69, 9.17) is 17.3 Å². The van der Waals surface area contributed by atoms with E-state index in [9.17, 15) is 4.79 Å². The molecule has 0 radical (unpaired) electrons. The van der Waals surface area contributed by atoms with Crippen LogP contribution in [0.3, 0.4) is 0 Å². The Hall–Kier alpha value is -2.60. The minimum atomic E-state index is -0.414. The summed E-state index contributed by atoms with van der Waals surface area (Å²) in [7, 11) is 0. The zero-order valence-electron chi connectivity index (χ0n) is 10.4. The van der Waals surface area contributed by atoms with Crippen LogP contribution in [-0.2, 0) is 0 Å². The molecular formula is C13H12ClN5O. The molecule has 0 saturated heterocycles. The van der Waals surface area contributed by atoms with Crippen LogP contribution in [0.15, 0.2) is 59.8 Å². The molecule has 7 heteroatoms. The summed E-state index contributed by atoms with van der Waals surface area (Å²) in [6.45, 7) is 0. The maximum atomic E-state index is 11.7. The summed E-state index contributed by atoms with van der Waals surface area (Å²) in [6.07, 6.45) is 4.82. The Labute approximate surface area is 119 Å². The number of aromatic amines is 1. The molecular weight excluding hydrogens is 278 g/mol. The highest BCUT2D eigenvalue weighted by molar-refractivity contribution is 6.32. The van der Waals surface area contributed by atoms with Gasteiger partial charge in [0.25, 0.3) is 5.56 Å². The minimum Gasteiger partial charge on any atom is -0.396 e. The molecule has 3 N–H and O–H groups in total. The van der Waals surface area contributed by atoms with Gasteiger partial charge in [-0.05, 0) is 18.2 Å². The number of benzene rings is 1. The lowest BCUT2D eigenvalue weighted by Crippen LogP contribution is -2.22. The molecule has 0 fully saturated rings. The molecule has 6 nitrogen and oxygen atoms in total. The molecule has 0 atom stereocenters. The van der Waals surface area contributed by atoms with Gasteiger partial charge in [-0.2, -0.15) is 14.9 Å². The van der Waals surface area contributed by atoms with Crippen molar-refractivity contribution in [3.63, 3.8) is 0 Å². The largest absolute Gasteiger partial charge is 0.396 e. The lowest BCUT2D eigenvalue weighted by atomic mass is 10.3. The first-order chi connectivity index (χ1) is 9.70. The number of aromatic nitrogens is 4. The highest BCUT2D eigenvalue weighted by atomic mass is 35.5. The van der Waals surface area contributed by atoms with E-state index >= 15 is 0 Å². The van der Waals surface area contributed by atoms with E-state index in [0.717, 1.165) is 0 Å². The molecule has 0 unspecified atom stereocenters. The van der Waals surface area contributed by atoms with E-state index in [1.807, 2.05) is 24.3 Å². The van der Waals surface area contributed by atoms with Crippen molar-refractivity contribution in [3.05, 3.63) is 70.4 Å². The summed E-state index contributed by atoms with van der Waals surface area (Å²) in [5.74, 6) is 0. The summed E-state index contributed by atoms with van der Waals surface area (Å²) in [5, 5.41) is 10.1. The van der Waals surface area contributed by atoms with E-state index < -0.39 is 5.56 Å². The zero-order chi connectivity index (χ0) is 14.4. The van der Waals surface area contributed by atoms with Crippen molar-refractivity contribution in [2.45, 2.75) is 0 Å². The maximum absolute atomic E-state index is 11.7. The number of nitrogens with one attached hydrogen (secondary N) is 1. The van der Waals surface area contributed by atoms with Crippen LogP contribution in [0.4, 0.5) is 5.69 Å². The molecule has 2 aromatic heterocycles. The molecule has 2 heterocycles. The number of halogens is 1. The number of hydrogen-bond acceptors (Lipinski definition) is 4. The monoisotopic (exact) mass is 289 g/mol. The second-order valence-electron chi connectivity index (χ2n) is 3.73. The van der Waals surface area contributed by atoms with Gasteiger partial charge in [0, 0.05) is 12.4 Å². The van der Waals surface area contributed by atoms with Gasteiger partial charge in [-0.25, -0.2) is 0 Å². The number of nitrogen functional groups attached to an aromatic ring is 1. The average Bonchev–Trinajstić information content (AvgIpc) is 3.05. The van der Waals surface area contributed by atoms with Gasteiger partial charge < -0.3 is 5.73 Å². The van der Waals surface area contributed by atoms with E-state index in [0.29, 0.717) is 5.69 Å². The summed E-state index contributed by atoms with van der Waals surface area (Å²) >= 11 is 5.73.